The van der Waals surface area contributed by atoms with E-state index < -0.39 is 10.0 Å². The highest BCUT2D eigenvalue weighted by Crippen LogP contribution is 2.27. The average molecular weight is 282 g/mol. The number of alkyl halides is 1. The number of hydrogen-bond donors (Lipinski definition) is 1. The second-order valence-electron chi connectivity index (χ2n) is 6.30. The molecule has 0 aromatic carbocycles. The molecule has 0 saturated heterocycles. The molecule has 0 aromatic rings. The van der Waals surface area contributed by atoms with Crippen molar-refractivity contribution in [1.29, 1.82) is 0 Å². The fraction of sp³-hybridized carbons (Fsp3) is 1.00. The molecule has 2 unspecified atom stereocenters. The monoisotopic (exact) mass is 281 g/mol. The van der Waals surface area contributed by atoms with Crippen molar-refractivity contribution in [3.05, 3.63) is 0 Å². The summed E-state index contributed by atoms with van der Waals surface area (Å²) < 4.78 is 26.4. The molecule has 0 aliphatic heterocycles. The Balaban J connectivity index is 2.39. The molecule has 1 aliphatic carbocycles. The topological polar surface area (TPSA) is 46.2 Å². The van der Waals surface area contributed by atoms with E-state index in [1.165, 1.54) is 0 Å². The quantitative estimate of drug-likeness (QED) is 0.806. The summed E-state index contributed by atoms with van der Waals surface area (Å²) in [6.45, 7) is 6.34. The van der Waals surface area contributed by atoms with Crippen molar-refractivity contribution in [3.8, 4) is 0 Å². The van der Waals surface area contributed by atoms with E-state index in [2.05, 4.69) is 4.72 Å². The minimum absolute atomic E-state index is 0.178. The highest BCUT2D eigenvalue weighted by atomic mass is 35.5. The van der Waals surface area contributed by atoms with Crippen LogP contribution in [0.25, 0.3) is 0 Å². The van der Waals surface area contributed by atoms with E-state index in [1.807, 2.05) is 20.8 Å². The summed E-state index contributed by atoms with van der Waals surface area (Å²) in [7, 11) is -3.15. The van der Waals surface area contributed by atoms with Crippen molar-refractivity contribution < 1.29 is 8.42 Å². The van der Waals surface area contributed by atoms with Gasteiger partial charge in [-0.25, -0.2) is 13.1 Å². The molecule has 0 bridgehead atoms. The standard InChI is InChI=1S/C12H24ClNO2S/c1-12(2,3)9-17(15,16)14-8-10-5-4-6-11(13)7-10/h10-11,14H,4-9H2,1-3H3. The number of rotatable bonds is 4. The van der Waals surface area contributed by atoms with Gasteiger partial charge in [-0.1, -0.05) is 27.2 Å². The van der Waals surface area contributed by atoms with Crippen LogP contribution < -0.4 is 4.72 Å². The van der Waals surface area contributed by atoms with Crippen LogP contribution in [0.4, 0.5) is 0 Å². The van der Waals surface area contributed by atoms with Crippen LogP contribution >= 0.6 is 11.6 Å². The summed E-state index contributed by atoms with van der Waals surface area (Å²) in [5, 5.41) is 0.223. The van der Waals surface area contributed by atoms with E-state index in [4.69, 9.17) is 11.6 Å². The van der Waals surface area contributed by atoms with Gasteiger partial charge in [-0.2, -0.15) is 0 Å². The summed E-state index contributed by atoms with van der Waals surface area (Å²) in [5.74, 6) is 0.581. The molecule has 0 amide bonds. The maximum Gasteiger partial charge on any atom is 0.212 e. The third-order valence-corrected chi connectivity index (χ3v) is 5.18. The summed E-state index contributed by atoms with van der Waals surface area (Å²) in [6.07, 6.45) is 4.19. The minimum Gasteiger partial charge on any atom is -0.215 e. The van der Waals surface area contributed by atoms with Crippen LogP contribution in [-0.2, 0) is 10.0 Å². The largest absolute Gasteiger partial charge is 0.215 e. The van der Waals surface area contributed by atoms with Crippen LogP contribution in [0.2, 0.25) is 0 Å². The lowest BCUT2D eigenvalue weighted by atomic mass is 9.89. The third kappa shape index (κ3) is 6.63. The molecule has 17 heavy (non-hydrogen) atoms. The van der Waals surface area contributed by atoms with Crippen molar-refractivity contribution >= 4 is 21.6 Å². The normalized spacial score (nSPS) is 27.1. The van der Waals surface area contributed by atoms with Crippen LogP contribution in [0.3, 0.4) is 0 Å². The maximum atomic E-state index is 11.8. The van der Waals surface area contributed by atoms with E-state index in [1.54, 1.807) is 0 Å². The Kier molecular flexibility index (Phi) is 5.29. The first kappa shape index (κ1) is 15.3. The van der Waals surface area contributed by atoms with Gasteiger partial charge in [0.1, 0.15) is 0 Å². The van der Waals surface area contributed by atoms with Crippen molar-refractivity contribution in [2.75, 3.05) is 12.3 Å². The van der Waals surface area contributed by atoms with E-state index in [0.717, 1.165) is 25.7 Å². The predicted octanol–water partition coefficient (Wildman–Crippen LogP) is 2.75. The Morgan fingerprint density at radius 2 is 1.94 bits per heavy atom. The van der Waals surface area contributed by atoms with Gasteiger partial charge in [-0.05, 0) is 30.6 Å². The van der Waals surface area contributed by atoms with E-state index in [9.17, 15) is 8.42 Å². The Hall–Kier alpha value is 0.200. The van der Waals surface area contributed by atoms with E-state index in [0.29, 0.717) is 12.5 Å². The third-order valence-electron chi connectivity index (χ3n) is 2.93. The van der Waals surface area contributed by atoms with Gasteiger partial charge in [0.25, 0.3) is 0 Å². The highest BCUT2D eigenvalue weighted by molar-refractivity contribution is 7.89. The second-order valence-corrected chi connectivity index (χ2v) is 8.72. The lowest BCUT2D eigenvalue weighted by molar-refractivity contribution is 0.360. The molecule has 1 saturated carbocycles. The van der Waals surface area contributed by atoms with Gasteiger partial charge in [0.2, 0.25) is 10.0 Å². The zero-order valence-corrected chi connectivity index (χ0v) is 12.6. The highest BCUT2D eigenvalue weighted by Gasteiger charge is 2.24. The second kappa shape index (κ2) is 5.89. The zero-order valence-electron chi connectivity index (χ0n) is 11.0. The predicted molar refractivity (Wildman–Crippen MR) is 72.8 cm³/mol. The van der Waals surface area contributed by atoms with Gasteiger partial charge in [0.15, 0.2) is 0 Å². The Labute approximate surface area is 110 Å². The molecule has 3 nitrogen and oxygen atoms in total. The number of sulfonamides is 1. The molecular weight excluding hydrogens is 258 g/mol. The first-order chi connectivity index (χ1) is 7.68. The molecule has 0 heterocycles. The van der Waals surface area contributed by atoms with Crippen LogP contribution in [0.1, 0.15) is 46.5 Å². The molecule has 1 N–H and O–H groups in total. The van der Waals surface area contributed by atoms with Crippen LogP contribution in [0.5, 0.6) is 0 Å². The smallest absolute Gasteiger partial charge is 0.212 e. The lowest BCUT2D eigenvalue weighted by Gasteiger charge is -2.26. The molecule has 2 atom stereocenters. The van der Waals surface area contributed by atoms with Crippen molar-refractivity contribution in [2.24, 2.45) is 11.3 Å². The van der Waals surface area contributed by atoms with Crippen LogP contribution in [0.15, 0.2) is 0 Å². The molecular formula is C12H24ClNO2S. The maximum absolute atomic E-state index is 11.8. The molecule has 1 aliphatic rings. The van der Waals surface area contributed by atoms with Gasteiger partial charge in [-0.15, -0.1) is 11.6 Å². The summed E-state index contributed by atoms with van der Waals surface area (Å²) in [5.41, 5.74) is -0.201. The fourth-order valence-electron chi connectivity index (χ4n) is 2.28. The van der Waals surface area contributed by atoms with Crippen molar-refractivity contribution in [3.63, 3.8) is 0 Å². The van der Waals surface area contributed by atoms with Gasteiger partial charge in [0.05, 0.1) is 5.75 Å². The first-order valence-electron chi connectivity index (χ1n) is 6.29. The lowest BCUT2D eigenvalue weighted by Crippen LogP contribution is -2.36. The molecule has 1 fully saturated rings. The van der Waals surface area contributed by atoms with Crippen molar-refractivity contribution in [2.45, 2.75) is 51.8 Å². The van der Waals surface area contributed by atoms with Crippen LogP contribution in [0, 0.1) is 11.3 Å². The molecule has 1 rings (SSSR count). The van der Waals surface area contributed by atoms with Gasteiger partial charge in [-0.3, -0.25) is 0 Å². The molecule has 0 radical (unpaired) electrons. The molecule has 0 aromatic heterocycles. The molecule has 5 heteroatoms. The Morgan fingerprint density at radius 1 is 1.29 bits per heavy atom. The molecule has 102 valence electrons. The molecule has 0 spiro atoms. The summed E-state index contributed by atoms with van der Waals surface area (Å²) in [6, 6.07) is 0. The van der Waals surface area contributed by atoms with Crippen molar-refractivity contribution in [1.82, 2.24) is 4.72 Å². The van der Waals surface area contributed by atoms with Gasteiger partial charge in [0, 0.05) is 11.9 Å². The first-order valence-corrected chi connectivity index (χ1v) is 8.38. The van der Waals surface area contributed by atoms with E-state index in [-0.39, 0.29) is 16.5 Å². The average Bonchev–Trinajstić information content (AvgIpc) is 2.11. The Morgan fingerprint density at radius 3 is 2.47 bits per heavy atom. The number of nitrogens with one attached hydrogen (secondary N) is 1. The number of hydrogen-bond acceptors (Lipinski definition) is 2. The fourth-order valence-corrected chi connectivity index (χ4v) is 4.41. The SMILES string of the molecule is CC(C)(C)CS(=O)(=O)NCC1CCCC(Cl)C1. The van der Waals surface area contributed by atoms with E-state index >= 15 is 0 Å². The van der Waals surface area contributed by atoms with Gasteiger partial charge < -0.3 is 0 Å². The van der Waals surface area contributed by atoms with Crippen LogP contribution in [-0.4, -0.2) is 26.1 Å². The summed E-state index contributed by atoms with van der Waals surface area (Å²) in [4.78, 5) is 0. The van der Waals surface area contributed by atoms with Gasteiger partial charge >= 0.3 is 0 Å². The Bertz CT molecular complexity index is 335. The minimum atomic E-state index is -3.15. The zero-order chi connectivity index (χ0) is 13.1. The summed E-state index contributed by atoms with van der Waals surface area (Å²) >= 11 is 6.09. The number of halogens is 1.